The molecule has 3 unspecified atom stereocenters. The first-order valence-electron chi connectivity index (χ1n) is 4.92. The molecule has 1 aliphatic rings. The van der Waals surface area contributed by atoms with Crippen molar-refractivity contribution in [2.45, 2.75) is 45.6 Å². The molecule has 1 saturated carbocycles. The molecule has 0 radical (unpaired) electrons. The molecular formula is C11H20O. The van der Waals surface area contributed by atoms with Gasteiger partial charge in [-0.25, -0.2) is 0 Å². The molecule has 0 bridgehead atoms. The van der Waals surface area contributed by atoms with Gasteiger partial charge in [0.05, 0.1) is 6.10 Å². The van der Waals surface area contributed by atoms with Crippen LogP contribution < -0.4 is 0 Å². The molecular weight excluding hydrogens is 148 g/mol. The van der Waals surface area contributed by atoms with Gasteiger partial charge in [-0.15, -0.1) is 6.58 Å². The minimum Gasteiger partial charge on any atom is -0.393 e. The molecule has 70 valence electrons. The smallest absolute Gasteiger partial charge is 0.0571 e. The van der Waals surface area contributed by atoms with Crippen LogP contribution in [0.4, 0.5) is 0 Å². The Morgan fingerprint density at radius 3 is 2.75 bits per heavy atom. The molecule has 1 heteroatoms. The number of rotatable bonds is 2. The second kappa shape index (κ2) is 4.08. The summed E-state index contributed by atoms with van der Waals surface area (Å²) in [6.07, 6.45) is 4.28. The van der Waals surface area contributed by atoms with E-state index in [4.69, 9.17) is 0 Å². The summed E-state index contributed by atoms with van der Waals surface area (Å²) >= 11 is 0. The summed E-state index contributed by atoms with van der Waals surface area (Å²) in [7, 11) is 0. The van der Waals surface area contributed by atoms with E-state index < -0.39 is 0 Å². The summed E-state index contributed by atoms with van der Waals surface area (Å²) in [4.78, 5) is 0. The zero-order valence-electron chi connectivity index (χ0n) is 8.21. The first-order valence-corrected chi connectivity index (χ1v) is 4.92. The molecule has 0 heterocycles. The summed E-state index contributed by atoms with van der Waals surface area (Å²) in [5.74, 6) is 1.27. The minimum absolute atomic E-state index is 0.0714. The summed E-state index contributed by atoms with van der Waals surface area (Å²) < 4.78 is 0. The van der Waals surface area contributed by atoms with Crippen molar-refractivity contribution in [2.24, 2.45) is 11.8 Å². The van der Waals surface area contributed by atoms with Gasteiger partial charge in [0, 0.05) is 0 Å². The maximum atomic E-state index is 9.69. The average Bonchev–Trinajstić information content (AvgIpc) is 1.96. The van der Waals surface area contributed by atoms with Gasteiger partial charge >= 0.3 is 0 Å². The fraction of sp³-hybridized carbons (Fsp3) is 0.818. The zero-order valence-corrected chi connectivity index (χ0v) is 8.21. The lowest BCUT2D eigenvalue weighted by molar-refractivity contribution is 0.0520. The molecule has 1 fully saturated rings. The summed E-state index contributed by atoms with van der Waals surface area (Å²) in [6.45, 7) is 8.22. The number of allylic oxidation sites excluding steroid dienone is 1. The van der Waals surface area contributed by atoms with Crippen molar-refractivity contribution in [1.29, 1.82) is 0 Å². The molecule has 0 aromatic heterocycles. The van der Waals surface area contributed by atoms with E-state index in [9.17, 15) is 5.11 Å². The second-order valence-electron chi connectivity index (χ2n) is 4.41. The van der Waals surface area contributed by atoms with E-state index in [1.54, 1.807) is 0 Å². The SMILES string of the molecule is C=C(C)CC1CC(C)CCC1O. The highest BCUT2D eigenvalue weighted by Gasteiger charge is 2.26. The molecule has 0 saturated heterocycles. The molecule has 3 atom stereocenters. The predicted molar refractivity (Wildman–Crippen MR) is 51.9 cm³/mol. The predicted octanol–water partition coefficient (Wildman–Crippen LogP) is 2.75. The van der Waals surface area contributed by atoms with Crippen molar-refractivity contribution in [1.82, 2.24) is 0 Å². The van der Waals surface area contributed by atoms with Crippen LogP contribution in [0.25, 0.3) is 0 Å². The van der Waals surface area contributed by atoms with E-state index in [1.165, 1.54) is 18.4 Å². The van der Waals surface area contributed by atoms with Gasteiger partial charge < -0.3 is 5.11 Å². The topological polar surface area (TPSA) is 20.2 Å². The van der Waals surface area contributed by atoms with Crippen LogP contribution in [0.2, 0.25) is 0 Å². The van der Waals surface area contributed by atoms with Crippen LogP contribution in [0.3, 0.4) is 0 Å². The van der Waals surface area contributed by atoms with Gasteiger partial charge in [-0.3, -0.25) is 0 Å². The highest BCUT2D eigenvalue weighted by molar-refractivity contribution is 4.93. The normalized spacial score (nSPS) is 36.4. The molecule has 1 nitrogen and oxygen atoms in total. The van der Waals surface area contributed by atoms with Crippen LogP contribution in [0.5, 0.6) is 0 Å². The fourth-order valence-electron chi connectivity index (χ4n) is 2.15. The fourth-order valence-corrected chi connectivity index (χ4v) is 2.15. The van der Waals surface area contributed by atoms with Gasteiger partial charge in [-0.1, -0.05) is 12.5 Å². The molecule has 1 rings (SSSR count). The summed E-state index contributed by atoms with van der Waals surface area (Å²) in [5.41, 5.74) is 1.20. The van der Waals surface area contributed by atoms with E-state index in [0.29, 0.717) is 5.92 Å². The molecule has 1 N–H and O–H groups in total. The van der Waals surface area contributed by atoms with E-state index >= 15 is 0 Å². The molecule has 0 amide bonds. The first kappa shape index (κ1) is 9.79. The Morgan fingerprint density at radius 1 is 1.50 bits per heavy atom. The van der Waals surface area contributed by atoms with Crippen molar-refractivity contribution >= 4 is 0 Å². The first-order chi connectivity index (χ1) is 5.59. The van der Waals surface area contributed by atoms with Crippen molar-refractivity contribution in [3.63, 3.8) is 0 Å². The number of hydrogen-bond donors (Lipinski definition) is 1. The highest BCUT2D eigenvalue weighted by atomic mass is 16.3. The Labute approximate surface area is 75.5 Å². The van der Waals surface area contributed by atoms with Crippen molar-refractivity contribution < 1.29 is 5.11 Å². The van der Waals surface area contributed by atoms with Gasteiger partial charge in [0.1, 0.15) is 0 Å². The van der Waals surface area contributed by atoms with E-state index in [-0.39, 0.29) is 6.10 Å². The Hall–Kier alpha value is -0.300. The van der Waals surface area contributed by atoms with Crippen LogP contribution in [0.15, 0.2) is 12.2 Å². The third-order valence-corrected chi connectivity index (χ3v) is 2.82. The summed E-state index contributed by atoms with van der Waals surface area (Å²) in [6, 6.07) is 0. The molecule has 0 aliphatic heterocycles. The lowest BCUT2D eigenvalue weighted by atomic mass is 9.78. The maximum Gasteiger partial charge on any atom is 0.0571 e. The van der Waals surface area contributed by atoms with Gasteiger partial charge in [0.15, 0.2) is 0 Å². The second-order valence-corrected chi connectivity index (χ2v) is 4.41. The largest absolute Gasteiger partial charge is 0.393 e. The van der Waals surface area contributed by atoms with E-state index in [0.717, 1.165) is 18.8 Å². The van der Waals surface area contributed by atoms with Crippen molar-refractivity contribution in [2.75, 3.05) is 0 Å². The number of hydrogen-bond acceptors (Lipinski definition) is 1. The van der Waals surface area contributed by atoms with Crippen LogP contribution in [0, 0.1) is 11.8 Å². The monoisotopic (exact) mass is 168 g/mol. The maximum absolute atomic E-state index is 9.69. The molecule has 12 heavy (non-hydrogen) atoms. The van der Waals surface area contributed by atoms with Crippen LogP contribution >= 0.6 is 0 Å². The van der Waals surface area contributed by atoms with Crippen LogP contribution in [-0.2, 0) is 0 Å². The average molecular weight is 168 g/mol. The van der Waals surface area contributed by atoms with E-state index in [2.05, 4.69) is 13.5 Å². The van der Waals surface area contributed by atoms with Crippen molar-refractivity contribution in [3.05, 3.63) is 12.2 Å². The van der Waals surface area contributed by atoms with Crippen molar-refractivity contribution in [3.8, 4) is 0 Å². The van der Waals surface area contributed by atoms with Gasteiger partial charge in [0.25, 0.3) is 0 Å². The molecule has 0 spiro atoms. The van der Waals surface area contributed by atoms with Crippen LogP contribution in [0.1, 0.15) is 39.5 Å². The quantitative estimate of drug-likeness (QED) is 0.629. The molecule has 0 aromatic carbocycles. The Balaban J connectivity index is 2.43. The molecule has 0 aromatic rings. The highest BCUT2D eigenvalue weighted by Crippen LogP contribution is 2.32. The third kappa shape index (κ3) is 2.63. The third-order valence-electron chi connectivity index (χ3n) is 2.82. The molecule has 1 aliphatic carbocycles. The Bertz CT molecular complexity index is 162. The standard InChI is InChI=1S/C11H20O/c1-8(2)6-10-7-9(3)4-5-11(10)12/h9-12H,1,4-7H2,2-3H3. The zero-order chi connectivity index (χ0) is 9.14. The van der Waals surface area contributed by atoms with Gasteiger partial charge in [-0.05, 0) is 44.4 Å². The lowest BCUT2D eigenvalue weighted by Crippen LogP contribution is -2.28. The van der Waals surface area contributed by atoms with Crippen LogP contribution in [-0.4, -0.2) is 11.2 Å². The lowest BCUT2D eigenvalue weighted by Gasteiger charge is -2.31. The Kier molecular flexibility index (Phi) is 3.33. The van der Waals surface area contributed by atoms with E-state index in [1.807, 2.05) is 6.92 Å². The number of aliphatic hydroxyl groups is 1. The minimum atomic E-state index is -0.0714. The van der Waals surface area contributed by atoms with Gasteiger partial charge in [-0.2, -0.15) is 0 Å². The number of aliphatic hydroxyl groups excluding tert-OH is 1. The van der Waals surface area contributed by atoms with Gasteiger partial charge in [0.2, 0.25) is 0 Å². The Morgan fingerprint density at radius 2 is 2.17 bits per heavy atom. The summed E-state index contributed by atoms with van der Waals surface area (Å²) in [5, 5.41) is 9.69.